The molecule has 5 rings (SSSR count). The molecule has 0 atom stereocenters. The molecule has 0 spiro atoms. The van der Waals surface area contributed by atoms with Crippen LogP contribution in [-0.4, -0.2) is 57.6 Å². The first-order chi connectivity index (χ1) is 16.9. The predicted octanol–water partition coefficient (Wildman–Crippen LogP) is 3.81. The lowest BCUT2D eigenvalue weighted by atomic mass is 10.1. The summed E-state index contributed by atoms with van der Waals surface area (Å²) in [6.45, 7) is 4.79. The number of para-hydroxylation sites is 1. The summed E-state index contributed by atoms with van der Waals surface area (Å²) in [4.78, 5) is 19.1. The molecule has 35 heavy (non-hydrogen) atoms. The number of rotatable bonds is 8. The van der Waals surface area contributed by atoms with E-state index in [0.717, 1.165) is 62.0 Å². The molecular weight excluding hydrogens is 488 g/mol. The van der Waals surface area contributed by atoms with Crippen molar-refractivity contribution in [2.75, 3.05) is 44.2 Å². The van der Waals surface area contributed by atoms with Crippen LogP contribution in [-0.2, 0) is 10.0 Å². The van der Waals surface area contributed by atoms with Gasteiger partial charge in [-0.05, 0) is 66.6 Å². The molecule has 2 heterocycles. The normalized spacial score (nSPS) is 15.3. The molecule has 2 N–H and O–H groups in total. The summed E-state index contributed by atoms with van der Waals surface area (Å²) in [7, 11) is -3.56. The lowest BCUT2D eigenvalue weighted by Crippen LogP contribution is -2.46. The van der Waals surface area contributed by atoms with E-state index in [-0.39, 0.29) is 4.90 Å². The number of sulfonamides is 1. The van der Waals surface area contributed by atoms with E-state index in [9.17, 15) is 13.2 Å². The van der Waals surface area contributed by atoms with Gasteiger partial charge in [-0.2, -0.15) is 0 Å². The highest BCUT2D eigenvalue weighted by Gasteiger charge is 2.20. The van der Waals surface area contributed by atoms with Gasteiger partial charge in [0.05, 0.1) is 16.1 Å². The van der Waals surface area contributed by atoms with Crippen molar-refractivity contribution in [2.45, 2.75) is 17.7 Å². The standard InChI is InChI=1S/C25H27ClN4O4S/c26-20-8-6-19-17-21(9-7-18(19)16-20)35(32,33)27-10-1-2-11-29-12-14-30(15-13-29)23-5-3-4-22-24(23)34-25(31)28-22/h3-9,16-17,27H,1-2,10-15H2,(H,28,31). The highest BCUT2D eigenvalue weighted by Crippen LogP contribution is 2.26. The lowest BCUT2D eigenvalue weighted by Gasteiger charge is -2.36. The van der Waals surface area contributed by atoms with Crippen LogP contribution in [0.15, 0.2) is 68.7 Å². The summed E-state index contributed by atoms with van der Waals surface area (Å²) in [5.74, 6) is -0.438. The fourth-order valence-electron chi connectivity index (χ4n) is 4.53. The second kappa shape index (κ2) is 10.0. The Balaban J connectivity index is 1.08. The Morgan fingerprint density at radius 2 is 1.74 bits per heavy atom. The van der Waals surface area contributed by atoms with Gasteiger partial charge in [0.1, 0.15) is 0 Å². The summed E-state index contributed by atoms with van der Waals surface area (Å²) < 4.78 is 33.4. The quantitative estimate of drug-likeness (QED) is 0.347. The smallest absolute Gasteiger partial charge is 0.406 e. The fourth-order valence-corrected chi connectivity index (χ4v) is 5.82. The van der Waals surface area contributed by atoms with Gasteiger partial charge in [-0.25, -0.2) is 17.9 Å². The maximum Gasteiger partial charge on any atom is 0.417 e. The number of aromatic nitrogens is 1. The minimum absolute atomic E-state index is 0.261. The van der Waals surface area contributed by atoms with E-state index in [4.69, 9.17) is 16.0 Å². The van der Waals surface area contributed by atoms with Gasteiger partial charge in [0.15, 0.2) is 5.58 Å². The average Bonchev–Trinajstić information content (AvgIpc) is 3.24. The van der Waals surface area contributed by atoms with Crippen LogP contribution in [0.1, 0.15) is 12.8 Å². The zero-order valence-electron chi connectivity index (χ0n) is 19.2. The molecular formula is C25H27ClN4O4S. The van der Waals surface area contributed by atoms with Crippen molar-refractivity contribution in [3.05, 3.63) is 70.2 Å². The van der Waals surface area contributed by atoms with Crippen molar-refractivity contribution in [1.29, 1.82) is 0 Å². The molecule has 10 heteroatoms. The maximum atomic E-state index is 12.7. The highest BCUT2D eigenvalue weighted by molar-refractivity contribution is 7.89. The number of nitrogens with zero attached hydrogens (tertiary/aromatic N) is 2. The minimum Gasteiger partial charge on any atom is -0.406 e. The van der Waals surface area contributed by atoms with Gasteiger partial charge in [-0.3, -0.25) is 9.88 Å². The van der Waals surface area contributed by atoms with Crippen molar-refractivity contribution in [3.8, 4) is 0 Å². The molecule has 1 aromatic heterocycles. The summed E-state index contributed by atoms with van der Waals surface area (Å²) in [5.41, 5.74) is 2.26. The van der Waals surface area contributed by atoms with Gasteiger partial charge in [0.25, 0.3) is 0 Å². The van der Waals surface area contributed by atoms with Crippen LogP contribution in [0.3, 0.4) is 0 Å². The first kappa shape index (κ1) is 23.9. The number of anilines is 1. The van der Waals surface area contributed by atoms with Gasteiger partial charge < -0.3 is 9.32 Å². The maximum absolute atomic E-state index is 12.7. The van der Waals surface area contributed by atoms with E-state index in [2.05, 4.69) is 19.5 Å². The van der Waals surface area contributed by atoms with Crippen LogP contribution in [0, 0.1) is 0 Å². The molecule has 184 valence electrons. The Bertz CT molecular complexity index is 1510. The summed E-state index contributed by atoms with van der Waals surface area (Å²) in [5, 5.41) is 2.37. The third kappa shape index (κ3) is 5.38. The molecule has 1 aliphatic heterocycles. The largest absolute Gasteiger partial charge is 0.417 e. The van der Waals surface area contributed by atoms with Crippen LogP contribution in [0.4, 0.5) is 5.69 Å². The Morgan fingerprint density at radius 3 is 2.57 bits per heavy atom. The first-order valence-corrected chi connectivity index (χ1v) is 13.5. The van der Waals surface area contributed by atoms with Gasteiger partial charge in [-0.15, -0.1) is 0 Å². The zero-order chi connectivity index (χ0) is 24.4. The second-order valence-corrected chi connectivity index (χ2v) is 11.0. The first-order valence-electron chi connectivity index (χ1n) is 11.7. The molecule has 1 fully saturated rings. The van der Waals surface area contributed by atoms with Crippen LogP contribution in [0.5, 0.6) is 0 Å². The molecule has 0 unspecified atom stereocenters. The SMILES string of the molecule is O=c1[nH]c2cccc(N3CCN(CCCCNS(=O)(=O)c4ccc5cc(Cl)ccc5c4)CC3)c2o1. The Kier molecular flexibility index (Phi) is 6.84. The van der Waals surface area contributed by atoms with Crippen molar-refractivity contribution >= 4 is 49.2 Å². The number of oxazole rings is 1. The number of unbranched alkanes of at least 4 members (excludes halogenated alkanes) is 1. The molecule has 3 aromatic carbocycles. The average molecular weight is 515 g/mol. The van der Waals surface area contributed by atoms with Crippen molar-refractivity contribution in [2.24, 2.45) is 0 Å². The van der Waals surface area contributed by atoms with E-state index in [1.165, 1.54) is 0 Å². The van der Waals surface area contributed by atoms with E-state index < -0.39 is 15.8 Å². The number of halogens is 1. The topological polar surface area (TPSA) is 98.6 Å². The van der Waals surface area contributed by atoms with Crippen molar-refractivity contribution < 1.29 is 12.8 Å². The van der Waals surface area contributed by atoms with Crippen LogP contribution in [0.25, 0.3) is 21.9 Å². The number of hydrogen-bond acceptors (Lipinski definition) is 6. The van der Waals surface area contributed by atoms with E-state index in [1.54, 1.807) is 24.3 Å². The van der Waals surface area contributed by atoms with E-state index in [0.29, 0.717) is 22.7 Å². The van der Waals surface area contributed by atoms with Gasteiger partial charge in [0, 0.05) is 37.7 Å². The molecule has 1 saturated heterocycles. The van der Waals surface area contributed by atoms with Crippen LogP contribution < -0.4 is 15.4 Å². The van der Waals surface area contributed by atoms with E-state index in [1.807, 2.05) is 30.3 Å². The van der Waals surface area contributed by atoms with Crippen molar-refractivity contribution in [1.82, 2.24) is 14.6 Å². The van der Waals surface area contributed by atoms with Gasteiger partial charge >= 0.3 is 5.76 Å². The van der Waals surface area contributed by atoms with Crippen LogP contribution in [0.2, 0.25) is 5.02 Å². The molecule has 8 nitrogen and oxygen atoms in total. The number of piperazine rings is 1. The molecule has 0 bridgehead atoms. The summed E-state index contributed by atoms with van der Waals surface area (Å²) in [6, 6.07) is 16.2. The minimum atomic E-state index is -3.56. The molecule has 4 aromatic rings. The third-order valence-electron chi connectivity index (χ3n) is 6.42. The van der Waals surface area contributed by atoms with Crippen LogP contribution >= 0.6 is 11.6 Å². The van der Waals surface area contributed by atoms with E-state index >= 15 is 0 Å². The van der Waals surface area contributed by atoms with Gasteiger partial charge in [0.2, 0.25) is 10.0 Å². The number of nitrogens with one attached hydrogen (secondary N) is 2. The molecule has 0 radical (unpaired) electrons. The molecule has 1 aliphatic rings. The Labute approximate surface area is 208 Å². The fraction of sp³-hybridized carbons (Fsp3) is 0.320. The Hall–Kier alpha value is -2.85. The highest BCUT2D eigenvalue weighted by atomic mass is 35.5. The monoisotopic (exact) mass is 514 g/mol. The molecule has 0 amide bonds. The van der Waals surface area contributed by atoms with Gasteiger partial charge in [-0.1, -0.05) is 29.8 Å². The van der Waals surface area contributed by atoms with Crippen molar-refractivity contribution in [3.63, 3.8) is 0 Å². The predicted molar refractivity (Wildman–Crippen MR) is 139 cm³/mol. The lowest BCUT2D eigenvalue weighted by molar-refractivity contribution is 0.253. The number of fused-ring (bicyclic) bond motifs is 2. The second-order valence-electron chi connectivity index (χ2n) is 8.76. The molecule has 0 saturated carbocycles. The third-order valence-corrected chi connectivity index (χ3v) is 8.11. The Morgan fingerprint density at radius 1 is 0.971 bits per heavy atom. The number of benzene rings is 3. The number of H-pyrrole nitrogens is 1. The summed E-state index contributed by atoms with van der Waals surface area (Å²) in [6.07, 6.45) is 1.66. The summed E-state index contributed by atoms with van der Waals surface area (Å²) >= 11 is 6.01. The molecule has 0 aliphatic carbocycles. The number of aromatic amines is 1. The zero-order valence-corrected chi connectivity index (χ0v) is 20.7. The number of hydrogen-bond donors (Lipinski definition) is 2.